The van der Waals surface area contributed by atoms with Crippen LogP contribution in [0.1, 0.15) is 36.2 Å². The molecule has 2 atom stereocenters. The normalized spacial score (nSPS) is 19.4. The highest BCUT2D eigenvalue weighted by atomic mass is 16.1. The molecule has 1 saturated carbocycles. The first kappa shape index (κ1) is 17.6. The molecule has 1 amide bonds. The molecule has 1 aromatic heterocycles. The van der Waals surface area contributed by atoms with Crippen molar-refractivity contribution in [3.8, 4) is 0 Å². The Morgan fingerprint density at radius 2 is 2.08 bits per heavy atom. The van der Waals surface area contributed by atoms with Crippen molar-refractivity contribution in [1.29, 1.82) is 0 Å². The summed E-state index contributed by atoms with van der Waals surface area (Å²) in [4.78, 5) is 19.4. The number of primary amides is 1. The number of aromatic nitrogens is 3. The van der Waals surface area contributed by atoms with E-state index in [-0.39, 0.29) is 29.5 Å². The Balaban J connectivity index is 1.86. The van der Waals surface area contributed by atoms with Gasteiger partial charge in [-0.3, -0.25) is 4.79 Å². The van der Waals surface area contributed by atoms with Crippen LogP contribution in [0.2, 0.25) is 0 Å². The minimum atomic E-state index is -0.741. The quantitative estimate of drug-likeness (QED) is 0.604. The van der Waals surface area contributed by atoms with Crippen LogP contribution in [0, 0.1) is 6.57 Å². The second-order valence-electron chi connectivity index (χ2n) is 6.18. The molecule has 6 N–H and O–H groups in total. The van der Waals surface area contributed by atoms with Gasteiger partial charge in [-0.15, -0.1) is 10.2 Å². The van der Waals surface area contributed by atoms with Gasteiger partial charge < -0.3 is 22.1 Å². The van der Waals surface area contributed by atoms with E-state index in [2.05, 4.69) is 30.7 Å². The maximum atomic E-state index is 11.6. The molecule has 9 heteroatoms. The number of nitrogens with two attached hydrogens (primary N) is 2. The minimum Gasteiger partial charge on any atom is -0.364 e. The molecule has 0 aliphatic heterocycles. The van der Waals surface area contributed by atoms with E-state index in [1.807, 2.05) is 0 Å². The molecule has 1 aliphatic carbocycles. The van der Waals surface area contributed by atoms with E-state index in [0.717, 1.165) is 25.7 Å². The van der Waals surface area contributed by atoms with E-state index in [4.69, 9.17) is 18.0 Å². The SMILES string of the molecule is [C-]#[N+]c1cccc(Nc2nc(N[C@@H]3CCCC[C@@H]3N)nnc2C(N)=O)c1. The number of anilines is 3. The lowest BCUT2D eigenvalue weighted by Crippen LogP contribution is -2.43. The average Bonchev–Trinajstić information content (AvgIpc) is 2.64. The molecule has 1 heterocycles. The number of hydrogen-bond acceptors (Lipinski definition) is 7. The Bertz CT molecular complexity index is 847. The van der Waals surface area contributed by atoms with Gasteiger partial charge in [0.05, 0.1) is 6.57 Å². The number of rotatable bonds is 5. The second kappa shape index (κ2) is 7.76. The molecule has 0 unspecified atom stereocenters. The van der Waals surface area contributed by atoms with Crippen molar-refractivity contribution in [1.82, 2.24) is 15.2 Å². The van der Waals surface area contributed by atoms with Gasteiger partial charge in [-0.1, -0.05) is 25.0 Å². The summed E-state index contributed by atoms with van der Waals surface area (Å²) in [5, 5.41) is 14.0. The fourth-order valence-electron chi connectivity index (χ4n) is 2.93. The molecule has 0 radical (unpaired) electrons. The smallest absolute Gasteiger partial charge is 0.273 e. The fraction of sp³-hybridized carbons (Fsp3) is 0.353. The molecule has 1 fully saturated rings. The number of nitrogens with one attached hydrogen (secondary N) is 2. The summed E-state index contributed by atoms with van der Waals surface area (Å²) in [5.41, 5.74) is 12.5. The van der Waals surface area contributed by atoms with Crippen LogP contribution in [0.5, 0.6) is 0 Å². The second-order valence-corrected chi connectivity index (χ2v) is 6.18. The molecular weight excluding hydrogens is 332 g/mol. The maximum Gasteiger partial charge on any atom is 0.273 e. The molecule has 134 valence electrons. The zero-order chi connectivity index (χ0) is 18.5. The summed E-state index contributed by atoms with van der Waals surface area (Å²) >= 11 is 0. The summed E-state index contributed by atoms with van der Waals surface area (Å²) < 4.78 is 0. The molecule has 0 saturated heterocycles. The van der Waals surface area contributed by atoms with Gasteiger partial charge in [0, 0.05) is 17.8 Å². The molecule has 0 spiro atoms. The zero-order valence-corrected chi connectivity index (χ0v) is 14.1. The van der Waals surface area contributed by atoms with Gasteiger partial charge >= 0.3 is 0 Å². The fourth-order valence-corrected chi connectivity index (χ4v) is 2.93. The van der Waals surface area contributed by atoms with Crippen LogP contribution < -0.4 is 22.1 Å². The van der Waals surface area contributed by atoms with E-state index in [1.165, 1.54) is 0 Å². The predicted octanol–water partition coefficient (Wildman–Crippen LogP) is 1.95. The lowest BCUT2D eigenvalue weighted by Gasteiger charge is -2.29. The molecule has 9 nitrogen and oxygen atoms in total. The minimum absolute atomic E-state index is 0.0231. The number of carbonyl (C=O) groups is 1. The predicted molar refractivity (Wildman–Crippen MR) is 98.2 cm³/mol. The van der Waals surface area contributed by atoms with E-state index in [1.54, 1.807) is 24.3 Å². The first-order valence-electron chi connectivity index (χ1n) is 8.38. The van der Waals surface area contributed by atoms with Gasteiger partial charge in [-0.05, 0) is 25.0 Å². The number of carbonyl (C=O) groups excluding carboxylic acids is 1. The van der Waals surface area contributed by atoms with Crippen molar-refractivity contribution in [2.75, 3.05) is 10.6 Å². The lowest BCUT2D eigenvalue weighted by atomic mass is 9.91. The van der Waals surface area contributed by atoms with Crippen molar-refractivity contribution in [2.45, 2.75) is 37.8 Å². The zero-order valence-electron chi connectivity index (χ0n) is 14.1. The van der Waals surface area contributed by atoms with Gasteiger partial charge in [0.2, 0.25) is 5.95 Å². The maximum absolute atomic E-state index is 11.6. The summed E-state index contributed by atoms with van der Waals surface area (Å²) in [6.07, 6.45) is 4.08. The van der Waals surface area contributed by atoms with Crippen molar-refractivity contribution in [3.05, 3.63) is 41.4 Å². The number of amides is 1. The van der Waals surface area contributed by atoms with Gasteiger partial charge in [0.25, 0.3) is 5.91 Å². The van der Waals surface area contributed by atoms with Crippen LogP contribution in [0.4, 0.5) is 23.1 Å². The highest BCUT2D eigenvalue weighted by Gasteiger charge is 2.23. The first-order chi connectivity index (χ1) is 12.6. The average molecular weight is 352 g/mol. The summed E-state index contributed by atoms with van der Waals surface area (Å²) in [6.45, 7) is 7.09. The van der Waals surface area contributed by atoms with Gasteiger partial charge in [0.15, 0.2) is 17.2 Å². The van der Waals surface area contributed by atoms with Crippen LogP contribution in [-0.4, -0.2) is 33.2 Å². The van der Waals surface area contributed by atoms with Crippen molar-refractivity contribution in [2.24, 2.45) is 11.5 Å². The lowest BCUT2D eigenvalue weighted by molar-refractivity contribution is 0.0995. The highest BCUT2D eigenvalue weighted by molar-refractivity contribution is 5.96. The first-order valence-corrected chi connectivity index (χ1v) is 8.38. The van der Waals surface area contributed by atoms with Crippen LogP contribution in [0.15, 0.2) is 24.3 Å². The standard InChI is InChI=1S/C17H20N8O/c1-20-10-5-4-6-11(9-10)21-16-14(15(19)26)24-25-17(23-16)22-13-8-3-2-7-12(13)18/h4-6,9,12-13H,2-3,7-8,18H2,(H2,19,26)(H2,21,22,23,25)/t12-,13+/m0/s1. The van der Waals surface area contributed by atoms with E-state index in [0.29, 0.717) is 11.4 Å². The highest BCUT2D eigenvalue weighted by Crippen LogP contribution is 2.24. The molecule has 3 rings (SSSR count). The van der Waals surface area contributed by atoms with Crippen LogP contribution in [0.25, 0.3) is 4.85 Å². The van der Waals surface area contributed by atoms with Crippen LogP contribution >= 0.6 is 0 Å². The Kier molecular flexibility index (Phi) is 5.24. The molecule has 1 aliphatic rings. The van der Waals surface area contributed by atoms with Crippen LogP contribution in [-0.2, 0) is 0 Å². The summed E-state index contributed by atoms with van der Waals surface area (Å²) in [6, 6.07) is 6.89. The van der Waals surface area contributed by atoms with Crippen molar-refractivity contribution < 1.29 is 4.79 Å². The number of benzene rings is 1. The van der Waals surface area contributed by atoms with Gasteiger partial charge in [-0.25, -0.2) is 4.85 Å². The number of hydrogen-bond donors (Lipinski definition) is 4. The van der Waals surface area contributed by atoms with E-state index in [9.17, 15) is 4.79 Å². The topological polar surface area (TPSA) is 136 Å². The monoisotopic (exact) mass is 352 g/mol. The molecule has 0 bridgehead atoms. The molecular formula is C17H20N8O. The number of nitrogens with zero attached hydrogens (tertiary/aromatic N) is 4. The Labute approximate surface area is 151 Å². The Hall–Kier alpha value is -3.25. The third-order valence-corrected chi connectivity index (χ3v) is 4.29. The molecule has 26 heavy (non-hydrogen) atoms. The largest absolute Gasteiger partial charge is 0.364 e. The van der Waals surface area contributed by atoms with Crippen LogP contribution in [0.3, 0.4) is 0 Å². The van der Waals surface area contributed by atoms with Gasteiger partial charge in [-0.2, -0.15) is 4.98 Å². The summed E-state index contributed by atoms with van der Waals surface area (Å²) in [5.74, 6) is -0.280. The van der Waals surface area contributed by atoms with E-state index < -0.39 is 5.91 Å². The Morgan fingerprint density at radius 1 is 1.27 bits per heavy atom. The van der Waals surface area contributed by atoms with Crippen molar-refractivity contribution >= 4 is 29.0 Å². The Morgan fingerprint density at radius 3 is 2.81 bits per heavy atom. The molecule has 2 aromatic rings. The van der Waals surface area contributed by atoms with Crippen molar-refractivity contribution in [3.63, 3.8) is 0 Å². The third kappa shape index (κ3) is 4.04. The molecule has 1 aromatic carbocycles. The summed E-state index contributed by atoms with van der Waals surface area (Å²) in [7, 11) is 0. The van der Waals surface area contributed by atoms with Gasteiger partial charge in [0.1, 0.15) is 0 Å². The van der Waals surface area contributed by atoms with E-state index >= 15 is 0 Å². The third-order valence-electron chi connectivity index (χ3n) is 4.29.